The number of nitrogens with zero attached hydrogens (tertiary/aromatic N) is 6. The summed E-state index contributed by atoms with van der Waals surface area (Å²) in [5.74, 6) is 1.44. The summed E-state index contributed by atoms with van der Waals surface area (Å²) in [4.78, 5) is 2.08. The number of alkyl halides is 1. The van der Waals surface area contributed by atoms with E-state index in [0.29, 0.717) is 10.8 Å². The number of aromatic nitrogens is 6. The Morgan fingerprint density at radius 1 is 1.23 bits per heavy atom. The third kappa shape index (κ3) is 2.71. The van der Waals surface area contributed by atoms with E-state index in [2.05, 4.69) is 47.9 Å². The highest BCUT2D eigenvalue weighted by atomic mass is 35.5. The zero-order chi connectivity index (χ0) is 17.6. The number of fused-ring (bicyclic) bond motifs is 1. The molecular weight excluding hydrogens is 374 g/mol. The summed E-state index contributed by atoms with van der Waals surface area (Å²) in [6, 6.07) is 8.26. The van der Waals surface area contributed by atoms with E-state index in [1.54, 1.807) is 0 Å². The van der Waals surface area contributed by atoms with Gasteiger partial charge in [0.05, 0.1) is 0 Å². The molecular formula is C16H16ClN7OS. The van der Waals surface area contributed by atoms with Gasteiger partial charge in [-0.1, -0.05) is 41.1 Å². The lowest BCUT2D eigenvalue weighted by atomic mass is 9.83. The molecule has 0 aliphatic carbocycles. The van der Waals surface area contributed by atoms with Gasteiger partial charge in [0.25, 0.3) is 0 Å². The first-order valence-electron chi connectivity index (χ1n) is 8.47. The number of hydrogen-bond acceptors (Lipinski definition) is 8. The molecule has 4 heterocycles. The number of piperidine rings is 1. The third-order valence-electron chi connectivity index (χ3n) is 5.03. The number of anilines is 1. The van der Waals surface area contributed by atoms with Gasteiger partial charge in [-0.2, -0.15) is 5.21 Å². The average molecular weight is 390 g/mol. The van der Waals surface area contributed by atoms with Gasteiger partial charge in [0, 0.05) is 19.4 Å². The zero-order valence-electron chi connectivity index (χ0n) is 13.8. The Kier molecular flexibility index (Phi) is 3.79. The Morgan fingerprint density at radius 2 is 2.15 bits per heavy atom. The van der Waals surface area contributed by atoms with E-state index in [0.717, 1.165) is 43.1 Å². The van der Waals surface area contributed by atoms with Crippen molar-refractivity contribution < 1.29 is 4.74 Å². The third-order valence-corrected chi connectivity index (χ3v) is 6.38. The van der Waals surface area contributed by atoms with Crippen LogP contribution in [-0.4, -0.2) is 48.5 Å². The van der Waals surface area contributed by atoms with Crippen LogP contribution in [0.2, 0.25) is 0 Å². The van der Waals surface area contributed by atoms with Gasteiger partial charge in [0.15, 0.2) is 5.01 Å². The standard InChI is InChI=1S/C16H16ClN7OS/c17-12-9-16(6-5-10-3-1-2-4-11(10)25-16)7-8-24(12)15-21-20-14(26-15)13-18-22-23-19-13/h1-4,12H,5-9H2,(H,18,19,22,23). The summed E-state index contributed by atoms with van der Waals surface area (Å²) >= 11 is 8.15. The van der Waals surface area contributed by atoms with Crippen LogP contribution in [0, 0.1) is 0 Å². The van der Waals surface area contributed by atoms with E-state index in [9.17, 15) is 0 Å². The average Bonchev–Trinajstić information content (AvgIpc) is 3.33. The van der Waals surface area contributed by atoms with Crippen LogP contribution in [0.1, 0.15) is 24.8 Å². The van der Waals surface area contributed by atoms with Gasteiger partial charge in [-0.15, -0.1) is 20.4 Å². The molecule has 2 aliphatic rings. The van der Waals surface area contributed by atoms with Gasteiger partial charge in [0.1, 0.15) is 16.9 Å². The number of ether oxygens (including phenoxy) is 1. The topological polar surface area (TPSA) is 92.7 Å². The molecule has 1 saturated heterocycles. The lowest BCUT2D eigenvalue weighted by molar-refractivity contribution is 0.0185. The van der Waals surface area contributed by atoms with Crippen LogP contribution in [0.15, 0.2) is 24.3 Å². The first-order valence-corrected chi connectivity index (χ1v) is 9.73. The van der Waals surface area contributed by atoms with E-state index in [1.165, 1.54) is 16.9 Å². The van der Waals surface area contributed by atoms with Crippen molar-refractivity contribution in [2.75, 3.05) is 11.4 Å². The second-order valence-corrected chi connectivity index (χ2v) is 8.06. The minimum atomic E-state index is -0.196. The smallest absolute Gasteiger partial charge is 0.235 e. The molecule has 0 bridgehead atoms. The van der Waals surface area contributed by atoms with Gasteiger partial charge in [-0.3, -0.25) is 0 Å². The fraction of sp³-hybridized carbons (Fsp3) is 0.438. The molecule has 1 aromatic carbocycles. The quantitative estimate of drug-likeness (QED) is 0.532. The van der Waals surface area contributed by atoms with E-state index in [4.69, 9.17) is 16.3 Å². The van der Waals surface area contributed by atoms with Crippen LogP contribution < -0.4 is 9.64 Å². The molecule has 0 saturated carbocycles. The molecule has 134 valence electrons. The molecule has 8 nitrogen and oxygen atoms in total. The van der Waals surface area contributed by atoms with Crippen molar-refractivity contribution in [1.29, 1.82) is 0 Å². The number of aryl methyl sites for hydroxylation is 1. The SMILES string of the molecule is ClC1CC2(CCc3ccccc3O2)CCN1c1nnc(-c2nn[nH]n2)s1. The molecule has 2 aliphatic heterocycles. The summed E-state index contributed by atoms with van der Waals surface area (Å²) in [5, 5.41) is 23.7. The predicted octanol–water partition coefficient (Wildman–Crippen LogP) is 2.65. The summed E-state index contributed by atoms with van der Waals surface area (Å²) in [7, 11) is 0. The van der Waals surface area contributed by atoms with Crippen LogP contribution >= 0.6 is 22.9 Å². The molecule has 0 amide bonds. The summed E-state index contributed by atoms with van der Waals surface area (Å²) in [6.07, 6.45) is 3.67. The van der Waals surface area contributed by atoms with Crippen molar-refractivity contribution in [3.8, 4) is 16.6 Å². The van der Waals surface area contributed by atoms with Crippen molar-refractivity contribution in [2.24, 2.45) is 0 Å². The largest absolute Gasteiger partial charge is 0.487 e. The summed E-state index contributed by atoms with van der Waals surface area (Å²) < 4.78 is 6.40. The Labute approximate surface area is 158 Å². The monoisotopic (exact) mass is 389 g/mol. The van der Waals surface area contributed by atoms with Crippen LogP contribution in [0.25, 0.3) is 10.8 Å². The molecule has 2 aromatic heterocycles. The van der Waals surface area contributed by atoms with Crippen molar-refractivity contribution in [3.05, 3.63) is 29.8 Å². The van der Waals surface area contributed by atoms with Gasteiger partial charge >= 0.3 is 0 Å². The lowest BCUT2D eigenvalue weighted by Gasteiger charge is -2.46. The Morgan fingerprint density at radius 3 is 3.00 bits per heavy atom. The molecule has 0 radical (unpaired) electrons. The fourth-order valence-electron chi connectivity index (χ4n) is 3.65. The van der Waals surface area contributed by atoms with E-state index in [1.807, 2.05) is 12.1 Å². The molecule has 5 rings (SSSR count). The summed E-state index contributed by atoms with van der Waals surface area (Å²) in [6.45, 7) is 0.775. The predicted molar refractivity (Wildman–Crippen MR) is 97.4 cm³/mol. The fourth-order valence-corrected chi connectivity index (χ4v) is 5.03. The highest BCUT2D eigenvalue weighted by Crippen LogP contribution is 2.43. The van der Waals surface area contributed by atoms with Gasteiger partial charge in [-0.25, -0.2) is 0 Å². The zero-order valence-corrected chi connectivity index (χ0v) is 15.4. The maximum absolute atomic E-state index is 6.74. The van der Waals surface area contributed by atoms with Gasteiger partial charge < -0.3 is 9.64 Å². The van der Waals surface area contributed by atoms with Crippen molar-refractivity contribution in [3.63, 3.8) is 0 Å². The molecule has 3 aromatic rings. The minimum Gasteiger partial charge on any atom is -0.487 e. The second kappa shape index (κ2) is 6.17. The Balaban J connectivity index is 1.34. The number of tetrazole rings is 1. The first-order chi connectivity index (χ1) is 12.7. The number of rotatable bonds is 2. The van der Waals surface area contributed by atoms with Gasteiger partial charge in [-0.05, 0) is 29.7 Å². The molecule has 1 spiro atoms. The highest BCUT2D eigenvalue weighted by molar-refractivity contribution is 7.18. The van der Waals surface area contributed by atoms with Crippen molar-refractivity contribution in [2.45, 2.75) is 36.8 Å². The minimum absolute atomic E-state index is 0.194. The van der Waals surface area contributed by atoms with Crippen LogP contribution in [0.5, 0.6) is 5.75 Å². The van der Waals surface area contributed by atoms with Crippen molar-refractivity contribution >= 4 is 28.1 Å². The van der Waals surface area contributed by atoms with Gasteiger partial charge in [0.2, 0.25) is 11.0 Å². The first kappa shape index (κ1) is 16.0. The van der Waals surface area contributed by atoms with Crippen LogP contribution in [-0.2, 0) is 6.42 Å². The van der Waals surface area contributed by atoms with Crippen LogP contribution in [0.4, 0.5) is 5.13 Å². The van der Waals surface area contributed by atoms with Crippen molar-refractivity contribution in [1.82, 2.24) is 30.8 Å². The lowest BCUT2D eigenvalue weighted by Crippen LogP contribution is -2.52. The Bertz CT molecular complexity index is 917. The number of para-hydroxylation sites is 1. The molecule has 2 unspecified atom stereocenters. The Hall–Kier alpha value is -2.26. The number of nitrogens with one attached hydrogen (secondary N) is 1. The number of aromatic amines is 1. The van der Waals surface area contributed by atoms with Crippen LogP contribution in [0.3, 0.4) is 0 Å². The van der Waals surface area contributed by atoms with E-state index < -0.39 is 0 Å². The number of H-pyrrole nitrogens is 1. The second-order valence-electron chi connectivity index (χ2n) is 6.60. The van der Waals surface area contributed by atoms with E-state index in [-0.39, 0.29) is 11.1 Å². The molecule has 10 heteroatoms. The highest BCUT2D eigenvalue weighted by Gasteiger charge is 2.44. The number of benzene rings is 1. The molecule has 1 N–H and O–H groups in total. The number of halogens is 1. The number of hydrogen-bond donors (Lipinski definition) is 1. The maximum atomic E-state index is 6.74. The maximum Gasteiger partial charge on any atom is 0.235 e. The summed E-state index contributed by atoms with van der Waals surface area (Å²) in [5.41, 5.74) is 0.888. The normalized spacial score (nSPS) is 25.1. The molecule has 1 fully saturated rings. The van der Waals surface area contributed by atoms with E-state index >= 15 is 0 Å². The molecule has 2 atom stereocenters. The molecule has 26 heavy (non-hydrogen) atoms.